The van der Waals surface area contributed by atoms with E-state index in [0.717, 1.165) is 11.4 Å². The molecular formula is C18H16N4O. The molecule has 0 atom stereocenters. The van der Waals surface area contributed by atoms with E-state index in [1.54, 1.807) is 11.9 Å². The molecule has 1 amide bonds. The Kier molecular flexibility index (Phi) is 4.29. The van der Waals surface area contributed by atoms with Crippen LogP contribution in [0.25, 0.3) is 0 Å². The highest BCUT2D eigenvalue weighted by molar-refractivity contribution is 6.05. The fourth-order valence-corrected chi connectivity index (χ4v) is 2.12. The quantitative estimate of drug-likeness (QED) is 0.801. The number of amides is 1. The molecule has 2 aromatic carbocycles. The van der Waals surface area contributed by atoms with Crippen LogP contribution in [0.15, 0.2) is 73.1 Å². The molecule has 0 spiro atoms. The van der Waals surface area contributed by atoms with Crippen LogP contribution < -0.4 is 10.2 Å². The van der Waals surface area contributed by atoms with E-state index in [1.807, 2.05) is 60.7 Å². The lowest BCUT2D eigenvalue weighted by atomic mass is 10.2. The standard InChI is InChI=1S/C18H16N4O/c1-22(16-10-6-3-7-11-16)17(23)14-12-19-18(20-13-14)21-15-8-4-2-5-9-15/h2-13H,1H3,(H,19,20,21). The SMILES string of the molecule is CN(C(=O)c1cnc(Nc2ccccc2)nc1)c1ccccc1. The van der Waals surface area contributed by atoms with Gasteiger partial charge in [0, 0.05) is 30.8 Å². The molecule has 1 N–H and O–H groups in total. The number of para-hydroxylation sites is 2. The molecule has 0 aliphatic rings. The van der Waals surface area contributed by atoms with Crippen LogP contribution >= 0.6 is 0 Å². The average molecular weight is 304 g/mol. The predicted molar refractivity (Wildman–Crippen MR) is 90.9 cm³/mol. The summed E-state index contributed by atoms with van der Waals surface area (Å²) in [4.78, 5) is 22.4. The van der Waals surface area contributed by atoms with Crippen LogP contribution in [0.4, 0.5) is 17.3 Å². The Morgan fingerprint density at radius 3 is 2.09 bits per heavy atom. The lowest BCUT2D eigenvalue weighted by Crippen LogP contribution is -2.26. The van der Waals surface area contributed by atoms with Crippen molar-refractivity contribution in [2.75, 3.05) is 17.3 Å². The molecule has 1 aromatic heterocycles. The first kappa shape index (κ1) is 14.7. The Labute approximate surface area is 134 Å². The van der Waals surface area contributed by atoms with Gasteiger partial charge in [0.05, 0.1) is 5.56 Å². The van der Waals surface area contributed by atoms with E-state index in [9.17, 15) is 4.79 Å². The van der Waals surface area contributed by atoms with Crippen molar-refractivity contribution in [3.8, 4) is 0 Å². The van der Waals surface area contributed by atoms with Crippen molar-refractivity contribution in [3.63, 3.8) is 0 Å². The first-order chi connectivity index (χ1) is 11.2. The van der Waals surface area contributed by atoms with E-state index >= 15 is 0 Å². The van der Waals surface area contributed by atoms with Crippen molar-refractivity contribution >= 4 is 23.2 Å². The van der Waals surface area contributed by atoms with Gasteiger partial charge >= 0.3 is 0 Å². The Bertz CT molecular complexity index is 773. The highest BCUT2D eigenvalue weighted by atomic mass is 16.2. The van der Waals surface area contributed by atoms with Gasteiger partial charge in [-0.05, 0) is 24.3 Å². The third-order valence-corrected chi connectivity index (χ3v) is 3.38. The van der Waals surface area contributed by atoms with Crippen molar-refractivity contribution in [3.05, 3.63) is 78.6 Å². The number of nitrogens with one attached hydrogen (secondary N) is 1. The van der Waals surface area contributed by atoms with Gasteiger partial charge < -0.3 is 10.2 Å². The summed E-state index contributed by atoms with van der Waals surface area (Å²) in [5.41, 5.74) is 2.16. The third-order valence-electron chi connectivity index (χ3n) is 3.38. The van der Waals surface area contributed by atoms with E-state index in [4.69, 9.17) is 0 Å². The number of rotatable bonds is 4. The molecule has 3 aromatic rings. The highest BCUT2D eigenvalue weighted by Crippen LogP contribution is 2.15. The second-order valence-corrected chi connectivity index (χ2v) is 4.99. The fraction of sp³-hybridized carbons (Fsp3) is 0.0556. The number of carbonyl (C=O) groups is 1. The van der Waals surface area contributed by atoms with Gasteiger partial charge in [0.2, 0.25) is 5.95 Å². The van der Waals surface area contributed by atoms with Gasteiger partial charge in [-0.3, -0.25) is 4.79 Å². The zero-order valence-corrected chi connectivity index (χ0v) is 12.7. The molecule has 0 radical (unpaired) electrons. The summed E-state index contributed by atoms with van der Waals surface area (Å²) >= 11 is 0. The molecule has 0 saturated heterocycles. The van der Waals surface area contributed by atoms with Gasteiger partial charge in [-0.2, -0.15) is 0 Å². The summed E-state index contributed by atoms with van der Waals surface area (Å²) in [5, 5.41) is 3.08. The molecule has 0 aliphatic carbocycles. The molecule has 0 fully saturated rings. The number of anilines is 3. The lowest BCUT2D eigenvalue weighted by Gasteiger charge is -2.17. The zero-order valence-electron chi connectivity index (χ0n) is 12.7. The van der Waals surface area contributed by atoms with Crippen LogP contribution in [0.1, 0.15) is 10.4 Å². The molecule has 3 rings (SSSR count). The van der Waals surface area contributed by atoms with Gasteiger partial charge in [0.1, 0.15) is 0 Å². The van der Waals surface area contributed by atoms with Crippen molar-refractivity contribution in [2.45, 2.75) is 0 Å². The minimum Gasteiger partial charge on any atom is -0.324 e. The number of carbonyl (C=O) groups excluding carboxylic acids is 1. The summed E-state index contributed by atoms with van der Waals surface area (Å²) in [6, 6.07) is 19.1. The van der Waals surface area contributed by atoms with E-state index in [1.165, 1.54) is 12.4 Å². The summed E-state index contributed by atoms with van der Waals surface area (Å²) in [6.45, 7) is 0. The Balaban J connectivity index is 1.73. The first-order valence-electron chi connectivity index (χ1n) is 7.21. The van der Waals surface area contributed by atoms with E-state index in [-0.39, 0.29) is 5.91 Å². The normalized spacial score (nSPS) is 10.1. The summed E-state index contributed by atoms with van der Waals surface area (Å²) < 4.78 is 0. The molecule has 0 saturated carbocycles. The summed E-state index contributed by atoms with van der Waals surface area (Å²) in [5.74, 6) is 0.303. The third kappa shape index (κ3) is 3.52. The lowest BCUT2D eigenvalue weighted by molar-refractivity contribution is 0.0992. The number of hydrogen-bond acceptors (Lipinski definition) is 4. The number of benzene rings is 2. The second kappa shape index (κ2) is 6.70. The van der Waals surface area contributed by atoms with E-state index in [2.05, 4.69) is 15.3 Å². The Morgan fingerprint density at radius 1 is 0.913 bits per heavy atom. The van der Waals surface area contributed by atoms with Gasteiger partial charge in [-0.25, -0.2) is 9.97 Å². The van der Waals surface area contributed by atoms with Gasteiger partial charge in [-0.1, -0.05) is 36.4 Å². The van der Waals surface area contributed by atoms with Crippen LogP contribution in [0.5, 0.6) is 0 Å². The highest BCUT2D eigenvalue weighted by Gasteiger charge is 2.14. The molecule has 0 unspecified atom stereocenters. The van der Waals surface area contributed by atoms with Crippen LogP contribution in [0.2, 0.25) is 0 Å². The van der Waals surface area contributed by atoms with Crippen LogP contribution in [-0.4, -0.2) is 22.9 Å². The molecular weight excluding hydrogens is 288 g/mol. The number of hydrogen-bond donors (Lipinski definition) is 1. The van der Waals surface area contributed by atoms with Crippen molar-refractivity contribution in [2.24, 2.45) is 0 Å². The summed E-state index contributed by atoms with van der Waals surface area (Å²) in [7, 11) is 1.73. The molecule has 0 aliphatic heterocycles. The van der Waals surface area contributed by atoms with Gasteiger partial charge in [0.25, 0.3) is 5.91 Å². The van der Waals surface area contributed by atoms with E-state index < -0.39 is 0 Å². The van der Waals surface area contributed by atoms with E-state index in [0.29, 0.717) is 11.5 Å². The van der Waals surface area contributed by atoms with Crippen molar-refractivity contribution in [1.82, 2.24) is 9.97 Å². The van der Waals surface area contributed by atoms with Crippen molar-refractivity contribution < 1.29 is 4.79 Å². The molecule has 0 bridgehead atoms. The molecule has 5 nitrogen and oxygen atoms in total. The van der Waals surface area contributed by atoms with Crippen LogP contribution in [0.3, 0.4) is 0 Å². The predicted octanol–water partition coefficient (Wildman–Crippen LogP) is 3.50. The zero-order chi connectivity index (χ0) is 16.1. The molecule has 1 heterocycles. The number of nitrogens with zero attached hydrogens (tertiary/aromatic N) is 3. The smallest absolute Gasteiger partial charge is 0.261 e. The molecule has 23 heavy (non-hydrogen) atoms. The minimum absolute atomic E-state index is 0.150. The maximum Gasteiger partial charge on any atom is 0.261 e. The maximum absolute atomic E-state index is 12.4. The second-order valence-electron chi connectivity index (χ2n) is 4.99. The Hall–Kier alpha value is -3.21. The van der Waals surface area contributed by atoms with Gasteiger partial charge in [0.15, 0.2) is 0 Å². The van der Waals surface area contributed by atoms with Crippen LogP contribution in [-0.2, 0) is 0 Å². The maximum atomic E-state index is 12.4. The fourth-order valence-electron chi connectivity index (χ4n) is 2.12. The molecule has 5 heteroatoms. The minimum atomic E-state index is -0.150. The summed E-state index contributed by atoms with van der Waals surface area (Å²) in [6.07, 6.45) is 3.06. The van der Waals surface area contributed by atoms with Crippen molar-refractivity contribution in [1.29, 1.82) is 0 Å². The topological polar surface area (TPSA) is 58.1 Å². The number of aromatic nitrogens is 2. The first-order valence-corrected chi connectivity index (χ1v) is 7.21. The largest absolute Gasteiger partial charge is 0.324 e. The molecule has 114 valence electrons. The van der Waals surface area contributed by atoms with Gasteiger partial charge in [-0.15, -0.1) is 0 Å². The Morgan fingerprint density at radius 2 is 1.48 bits per heavy atom. The van der Waals surface area contributed by atoms with Crippen LogP contribution in [0, 0.1) is 0 Å². The average Bonchev–Trinajstić information content (AvgIpc) is 2.63. The monoisotopic (exact) mass is 304 g/mol.